The Bertz CT molecular complexity index is 601. The summed E-state index contributed by atoms with van der Waals surface area (Å²) in [5.74, 6) is -3.92. The lowest BCUT2D eigenvalue weighted by Crippen LogP contribution is -2.16. The second kappa shape index (κ2) is 5.75. The molecule has 2 aromatic carbocycles. The lowest BCUT2D eigenvalue weighted by atomic mass is 9.99. The molecule has 0 bridgehead atoms. The molecule has 0 spiro atoms. The summed E-state index contributed by atoms with van der Waals surface area (Å²) < 4.78 is 40.5. The van der Waals surface area contributed by atoms with Crippen LogP contribution in [-0.2, 0) is 6.42 Å². The van der Waals surface area contributed by atoms with Gasteiger partial charge in [0.15, 0.2) is 17.5 Å². The van der Waals surface area contributed by atoms with Crippen LogP contribution in [0.25, 0.3) is 0 Å². The van der Waals surface area contributed by atoms with Crippen LogP contribution in [-0.4, -0.2) is 0 Å². The van der Waals surface area contributed by atoms with Crippen LogP contribution in [0.4, 0.5) is 13.2 Å². The van der Waals surface area contributed by atoms with Gasteiger partial charge in [-0.2, -0.15) is 0 Å². The molecule has 1 unspecified atom stereocenters. The van der Waals surface area contributed by atoms with E-state index < -0.39 is 23.5 Å². The molecule has 2 rings (SSSR count). The van der Waals surface area contributed by atoms with Gasteiger partial charge in [0.2, 0.25) is 0 Å². The van der Waals surface area contributed by atoms with Crippen LogP contribution in [0.1, 0.15) is 17.2 Å². The first-order valence-electron chi connectivity index (χ1n) is 5.63. The fourth-order valence-corrected chi connectivity index (χ4v) is 2.28. The maximum Gasteiger partial charge on any atom is 0.194 e. The average Bonchev–Trinajstić information content (AvgIpc) is 2.39. The van der Waals surface area contributed by atoms with E-state index in [1.165, 1.54) is 6.07 Å². The van der Waals surface area contributed by atoms with Crippen molar-refractivity contribution in [3.05, 3.63) is 69.4 Å². The van der Waals surface area contributed by atoms with Crippen LogP contribution in [0.15, 0.2) is 40.9 Å². The highest BCUT2D eigenvalue weighted by Crippen LogP contribution is 2.25. The van der Waals surface area contributed by atoms with Gasteiger partial charge < -0.3 is 5.73 Å². The smallest absolute Gasteiger partial charge is 0.194 e. The number of hydrogen-bond donors (Lipinski definition) is 1. The highest BCUT2D eigenvalue weighted by Gasteiger charge is 2.19. The summed E-state index contributed by atoms with van der Waals surface area (Å²) in [7, 11) is 0. The fourth-order valence-electron chi connectivity index (χ4n) is 1.84. The molecular formula is C14H11BrF3N. The second-order valence-corrected chi connectivity index (χ2v) is 5.02. The van der Waals surface area contributed by atoms with Gasteiger partial charge in [0, 0.05) is 16.1 Å². The molecule has 0 saturated heterocycles. The minimum atomic E-state index is -1.49. The molecule has 2 aromatic rings. The van der Waals surface area contributed by atoms with Gasteiger partial charge in [-0.05, 0) is 24.1 Å². The maximum absolute atomic E-state index is 13.6. The van der Waals surface area contributed by atoms with E-state index in [2.05, 4.69) is 15.9 Å². The molecule has 1 atom stereocenters. The van der Waals surface area contributed by atoms with E-state index in [0.29, 0.717) is 6.42 Å². The Morgan fingerprint density at radius 3 is 2.37 bits per heavy atom. The maximum atomic E-state index is 13.6. The van der Waals surface area contributed by atoms with Crippen molar-refractivity contribution in [1.29, 1.82) is 0 Å². The third kappa shape index (κ3) is 2.98. The van der Waals surface area contributed by atoms with Gasteiger partial charge in [-0.15, -0.1) is 0 Å². The lowest BCUT2D eigenvalue weighted by molar-refractivity contribution is 0.435. The Morgan fingerprint density at radius 2 is 1.68 bits per heavy atom. The van der Waals surface area contributed by atoms with E-state index in [9.17, 15) is 13.2 Å². The van der Waals surface area contributed by atoms with Gasteiger partial charge in [-0.25, -0.2) is 13.2 Å². The zero-order valence-electron chi connectivity index (χ0n) is 9.84. The molecule has 0 aliphatic heterocycles. The third-order valence-electron chi connectivity index (χ3n) is 2.86. The Hall–Kier alpha value is -1.33. The van der Waals surface area contributed by atoms with E-state index in [0.717, 1.165) is 16.1 Å². The summed E-state index contributed by atoms with van der Waals surface area (Å²) in [6.45, 7) is 0. The van der Waals surface area contributed by atoms with Crippen molar-refractivity contribution >= 4 is 15.9 Å². The quantitative estimate of drug-likeness (QED) is 0.842. The van der Waals surface area contributed by atoms with Crippen molar-refractivity contribution in [2.75, 3.05) is 0 Å². The normalized spacial score (nSPS) is 12.5. The molecule has 5 heteroatoms. The molecule has 0 saturated carbocycles. The molecule has 1 nitrogen and oxygen atoms in total. The molecule has 0 aromatic heterocycles. The molecule has 100 valence electrons. The first-order valence-corrected chi connectivity index (χ1v) is 6.42. The summed E-state index contributed by atoms with van der Waals surface area (Å²) in [6.07, 6.45) is 0.323. The van der Waals surface area contributed by atoms with Crippen LogP contribution < -0.4 is 5.73 Å². The first-order chi connectivity index (χ1) is 9.00. The predicted octanol–water partition coefficient (Wildman–Crippen LogP) is 4.11. The molecule has 0 amide bonds. The van der Waals surface area contributed by atoms with Crippen LogP contribution in [0.3, 0.4) is 0 Å². The Balaban J connectivity index is 2.28. The van der Waals surface area contributed by atoms with Crippen LogP contribution in [0.2, 0.25) is 0 Å². The Labute approximate surface area is 117 Å². The van der Waals surface area contributed by atoms with Gasteiger partial charge in [0.05, 0.1) is 0 Å². The molecule has 0 fully saturated rings. The van der Waals surface area contributed by atoms with Crippen molar-refractivity contribution in [1.82, 2.24) is 0 Å². The lowest BCUT2D eigenvalue weighted by Gasteiger charge is -2.14. The zero-order chi connectivity index (χ0) is 14.0. The van der Waals surface area contributed by atoms with Crippen molar-refractivity contribution < 1.29 is 13.2 Å². The summed E-state index contributed by atoms with van der Waals surface area (Å²) in [4.78, 5) is 0. The van der Waals surface area contributed by atoms with Gasteiger partial charge in [-0.1, -0.05) is 40.2 Å². The Kier molecular flexibility index (Phi) is 4.27. The second-order valence-electron chi connectivity index (χ2n) is 4.17. The molecule has 2 N–H and O–H groups in total. The predicted molar refractivity (Wildman–Crippen MR) is 71.1 cm³/mol. The standard InChI is InChI=1S/C14H11BrF3N/c15-10-4-2-1-3-8(10)7-12(19)9-5-6-11(16)14(18)13(9)17/h1-6,12H,7,19H2. The molecule has 0 heterocycles. The highest BCUT2D eigenvalue weighted by atomic mass is 79.9. The van der Waals surface area contributed by atoms with Crippen LogP contribution in [0.5, 0.6) is 0 Å². The van der Waals surface area contributed by atoms with Crippen LogP contribution >= 0.6 is 15.9 Å². The number of halogens is 4. The monoisotopic (exact) mass is 329 g/mol. The van der Waals surface area contributed by atoms with E-state index in [1.807, 2.05) is 24.3 Å². The molecular weight excluding hydrogens is 319 g/mol. The van der Waals surface area contributed by atoms with Crippen molar-refractivity contribution in [3.8, 4) is 0 Å². The average molecular weight is 330 g/mol. The summed E-state index contributed by atoms with van der Waals surface area (Å²) in [5.41, 5.74) is 6.71. The van der Waals surface area contributed by atoms with E-state index >= 15 is 0 Å². The van der Waals surface area contributed by atoms with Gasteiger partial charge in [0.25, 0.3) is 0 Å². The van der Waals surface area contributed by atoms with E-state index in [4.69, 9.17) is 5.73 Å². The molecule has 19 heavy (non-hydrogen) atoms. The summed E-state index contributed by atoms with van der Waals surface area (Å²) in [6, 6.07) is 8.66. The number of hydrogen-bond acceptors (Lipinski definition) is 1. The van der Waals surface area contributed by atoms with Gasteiger partial charge >= 0.3 is 0 Å². The summed E-state index contributed by atoms with van der Waals surface area (Å²) in [5, 5.41) is 0. The van der Waals surface area contributed by atoms with Crippen molar-refractivity contribution in [3.63, 3.8) is 0 Å². The minimum absolute atomic E-state index is 0.0327. The fraction of sp³-hybridized carbons (Fsp3) is 0.143. The summed E-state index contributed by atoms with van der Waals surface area (Å²) >= 11 is 3.36. The number of rotatable bonds is 3. The minimum Gasteiger partial charge on any atom is -0.324 e. The molecule has 0 aliphatic rings. The first kappa shape index (κ1) is 14.1. The topological polar surface area (TPSA) is 26.0 Å². The highest BCUT2D eigenvalue weighted by molar-refractivity contribution is 9.10. The Morgan fingerprint density at radius 1 is 1.00 bits per heavy atom. The zero-order valence-corrected chi connectivity index (χ0v) is 11.4. The molecule has 0 radical (unpaired) electrons. The van der Waals surface area contributed by atoms with Crippen molar-refractivity contribution in [2.24, 2.45) is 5.73 Å². The van der Waals surface area contributed by atoms with Crippen LogP contribution in [0, 0.1) is 17.5 Å². The largest absolute Gasteiger partial charge is 0.324 e. The molecule has 0 aliphatic carbocycles. The van der Waals surface area contributed by atoms with Gasteiger partial charge in [0.1, 0.15) is 0 Å². The van der Waals surface area contributed by atoms with E-state index in [-0.39, 0.29) is 5.56 Å². The van der Waals surface area contributed by atoms with Crippen molar-refractivity contribution in [2.45, 2.75) is 12.5 Å². The third-order valence-corrected chi connectivity index (χ3v) is 3.64. The van der Waals surface area contributed by atoms with E-state index in [1.54, 1.807) is 0 Å². The number of nitrogens with two attached hydrogens (primary N) is 1. The number of benzene rings is 2. The van der Waals surface area contributed by atoms with Gasteiger partial charge in [-0.3, -0.25) is 0 Å². The SMILES string of the molecule is NC(Cc1ccccc1Br)c1ccc(F)c(F)c1F.